The second-order valence-corrected chi connectivity index (χ2v) is 4.80. The maximum Gasteiger partial charge on any atom is 0.171 e. The number of carbonyl (C=O) groups is 1. The van der Waals surface area contributed by atoms with Gasteiger partial charge in [0, 0.05) is 5.57 Å². The van der Waals surface area contributed by atoms with Gasteiger partial charge in [0.25, 0.3) is 0 Å². The molecule has 19 heavy (non-hydrogen) atoms. The van der Waals surface area contributed by atoms with Crippen molar-refractivity contribution in [3.8, 4) is 5.75 Å². The summed E-state index contributed by atoms with van der Waals surface area (Å²) < 4.78 is 5.13. The molecule has 0 saturated heterocycles. The van der Waals surface area contributed by atoms with Crippen LogP contribution >= 0.6 is 12.2 Å². The van der Waals surface area contributed by atoms with E-state index in [1.165, 1.54) is 0 Å². The minimum absolute atomic E-state index is 0.0285. The van der Waals surface area contributed by atoms with Crippen LogP contribution in [0.4, 0.5) is 0 Å². The van der Waals surface area contributed by atoms with Crippen LogP contribution in [0.1, 0.15) is 19.4 Å². The van der Waals surface area contributed by atoms with Crippen molar-refractivity contribution in [3.63, 3.8) is 0 Å². The maximum atomic E-state index is 11.8. The molecule has 0 bridgehead atoms. The average Bonchev–Trinajstić information content (AvgIpc) is 2.37. The lowest BCUT2D eigenvalue weighted by Gasteiger charge is -2.28. The SMILES string of the molecule is COc1ccc(C2=C(C(C)=O)C(C)NC(=S)N2)cc1. The lowest BCUT2D eigenvalue weighted by molar-refractivity contribution is -0.113. The van der Waals surface area contributed by atoms with Crippen molar-refractivity contribution in [2.75, 3.05) is 7.11 Å². The van der Waals surface area contributed by atoms with Crippen molar-refractivity contribution in [1.82, 2.24) is 10.6 Å². The van der Waals surface area contributed by atoms with Gasteiger partial charge in [-0.25, -0.2) is 0 Å². The van der Waals surface area contributed by atoms with Gasteiger partial charge in [0.1, 0.15) is 5.75 Å². The molecule has 1 aromatic carbocycles. The molecule has 1 unspecified atom stereocenters. The average molecular weight is 276 g/mol. The van der Waals surface area contributed by atoms with E-state index in [4.69, 9.17) is 17.0 Å². The molecule has 0 amide bonds. The molecular weight excluding hydrogens is 260 g/mol. The Morgan fingerprint density at radius 2 is 1.95 bits per heavy atom. The summed E-state index contributed by atoms with van der Waals surface area (Å²) in [5, 5.41) is 6.65. The smallest absolute Gasteiger partial charge is 0.171 e. The van der Waals surface area contributed by atoms with Gasteiger partial charge in [-0.1, -0.05) is 0 Å². The Morgan fingerprint density at radius 3 is 2.47 bits per heavy atom. The zero-order valence-electron chi connectivity index (χ0n) is 11.1. The standard InChI is InChI=1S/C14H16N2O2S/c1-8-12(9(2)17)13(16-14(19)15-8)10-4-6-11(18-3)7-5-10/h4-8H,1-3H3,(H2,15,16,19). The molecule has 5 heteroatoms. The van der Waals surface area contributed by atoms with Crippen molar-refractivity contribution >= 4 is 28.8 Å². The maximum absolute atomic E-state index is 11.8. The first-order valence-corrected chi connectivity index (χ1v) is 6.40. The van der Waals surface area contributed by atoms with E-state index < -0.39 is 0 Å². The molecule has 1 aromatic rings. The van der Waals surface area contributed by atoms with Crippen LogP contribution in [0.25, 0.3) is 5.70 Å². The van der Waals surface area contributed by atoms with Gasteiger partial charge in [0.15, 0.2) is 10.9 Å². The zero-order valence-corrected chi connectivity index (χ0v) is 11.9. The quantitative estimate of drug-likeness (QED) is 0.825. The predicted molar refractivity (Wildman–Crippen MR) is 78.9 cm³/mol. The monoisotopic (exact) mass is 276 g/mol. The summed E-state index contributed by atoms with van der Waals surface area (Å²) in [5.41, 5.74) is 2.40. The second kappa shape index (κ2) is 5.40. The van der Waals surface area contributed by atoms with E-state index in [2.05, 4.69) is 10.6 Å². The van der Waals surface area contributed by atoms with Gasteiger partial charge < -0.3 is 15.4 Å². The molecule has 0 aromatic heterocycles. The number of benzene rings is 1. The molecule has 0 radical (unpaired) electrons. The van der Waals surface area contributed by atoms with E-state index in [0.717, 1.165) is 17.0 Å². The fourth-order valence-corrected chi connectivity index (χ4v) is 2.45. The van der Waals surface area contributed by atoms with E-state index in [1.54, 1.807) is 14.0 Å². The van der Waals surface area contributed by atoms with Gasteiger partial charge in [-0.3, -0.25) is 4.79 Å². The van der Waals surface area contributed by atoms with Crippen LogP contribution in [-0.4, -0.2) is 24.0 Å². The van der Waals surface area contributed by atoms with E-state index in [-0.39, 0.29) is 11.8 Å². The van der Waals surface area contributed by atoms with Gasteiger partial charge in [-0.05, 0) is 55.9 Å². The number of ketones is 1. The summed E-state index contributed by atoms with van der Waals surface area (Å²) >= 11 is 5.16. The lowest BCUT2D eigenvalue weighted by atomic mass is 9.96. The molecule has 1 heterocycles. The van der Waals surface area contributed by atoms with Gasteiger partial charge in [-0.2, -0.15) is 0 Å². The molecule has 0 fully saturated rings. The summed E-state index contributed by atoms with van der Waals surface area (Å²) in [7, 11) is 1.62. The molecule has 2 rings (SSSR count). The summed E-state index contributed by atoms with van der Waals surface area (Å²) in [6, 6.07) is 7.44. The third-order valence-corrected chi connectivity index (χ3v) is 3.27. The Bertz CT molecular complexity index is 549. The van der Waals surface area contributed by atoms with E-state index in [9.17, 15) is 4.79 Å². The van der Waals surface area contributed by atoms with Crippen molar-refractivity contribution in [1.29, 1.82) is 0 Å². The highest BCUT2D eigenvalue weighted by Gasteiger charge is 2.25. The fourth-order valence-electron chi connectivity index (χ4n) is 2.17. The Labute approximate surface area is 117 Å². The minimum Gasteiger partial charge on any atom is -0.497 e. The molecule has 100 valence electrons. The molecule has 0 aliphatic carbocycles. The number of Topliss-reactive ketones (excluding diaryl/α,β-unsaturated/α-hetero) is 1. The van der Waals surface area contributed by atoms with E-state index >= 15 is 0 Å². The number of hydrogen-bond acceptors (Lipinski definition) is 3. The molecule has 0 saturated carbocycles. The van der Waals surface area contributed by atoms with Gasteiger partial charge in [0.05, 0.1) is 18.8 Å². The third-order valence-electron chi connectivity index (χ3n) is 3.05. The number of methoxy groups -OCH3 is 1. The number of hydrogen-bond donors (Lipinski definition) is 2. The highest BCUT2D eigenvalue weighted by atomic mass is 32.1. The van der Waals surface area contributed by atoms with Crippen LogP contribution in [0.2, 0.25) is 0 Å². The first-order valence-electron chi connectivity index (χ1n) is 6.00. The lowest BCUT2D eigenvalue weighted by Crippen LogP contribution is -2.47. The van der Waals surface area contributed by atoms with Crippen molar-refractivity contribution in [3.05, 3.63) is 35.4 Å². The highest BCUT2D eigenvalue weighted by Crippen LogP contribution is 2.24. The zero-order chi connectivity index (χ0) is 14.0. The highest BCUT2D eigenvalue weighted by molar-refractivity contribution is 7.80. The van der Waals surface area contributed by atoms with Crippen molar-refractivity contribution < 1.29 is 9.53 Å². The molecule has 1 atom stereocenters. The Morgan fingerprint density at radius 1 is 1.32 bits per heavy atom. The Kier molecular flexibility index (Phi) is 3.85. The van der Waals surface area contributed by atoms with Crippen LogP contribution < -0.4 is 15.4 Å². The van der Waals surface area contributed by atoms with E-state index in [1.807, 2.05) is 31.2 Å². The van der Waals surface area contributed by atoms with E-state index in [0.29, 0.717) is 10.7 Å². The second-order valence-electron chi connectivity index (χ2n) is 4.39. The predicted octanol–water partition coefficient (Wildman–Crippen LogP) is 1.86. The van der Waals surface area contributed by atoms with Crippen LogP contribution in [0.5, 0.6) is 5.75 Å². The third kappa shape index (κ3) is 2.76. The van der Waals surface area contributed by atoms with Gasteiger partial charge in [-0.15, -0.1) is 0 Å². The number of nitrogens with one attached hydrogen (secondary N) is 2. The van der Waals surface area contributed by atoms with Crippen LogP contribution in [0, 0.1) is 0 Å². The minimum atomic E-state index is -0.0941. The number of rotatable bonds is 3. The summed E-state index contributed by atoms with van der Waals surface area (Å²) in [5.74, 6) is 0.805. The number of thiocarbonyl (C=S) groups is 1. The topological polar surface area (TPSA) is 50.4 Å². The summed E-state index contributed by atoms with van der Waals surface area (Å²) in [6.07, 6.45) is 0. The summed E-state index contributed by atoms with van der Waals surface area (Å²) in [4.78, 5) is 11.8. The fraction of sp³-hybridized carbons (Fsp3) is 0.286. The van der Waals surface area contributed by atoms with Crippen LogP contribution in [0.15, 0.2) is 29.8 Å². The van der Waals surface area contributed by atoms with Crippen LogP contribution in [-0.2, 0) is 4.79 Å². The molecule has 0 spiro atoms. The van der Waals surface area contributed by atoms with Crippen molar-refractivity contribution in [2.24, 2.45) is 0 Å². The number of ether oxygens (including phenoxy) is 1. The summed E-state index contributed by atoms with van der Waals surface area (Å²) in [6.45, 7) is 3.49. The Hall–Kier alpha value is -1.88. The van der Waals surface area contributed by atoms with Gasteiger partial charge >= 0.3 is 0 Å². The first-order chi connectivity index (χ1) is 9.02. The normalized spacial score (nSPS) is 18.7. The first kappa shape index (κ1) is 13.5. The Balaban J connectivity index is 2.50. The molecule has 1 aliphatic rings. The molecule has 4 nitrogen and oxygen atoms in total. The van der Waals surface area contributed by atoms with Crippen LogP contribution in [0.3, 0.4) is 0 Å². The largest absolute Gasteiger partial charge is 0.497 e. The molecule has 2 N–H and O–H groups in total. The molecule has 1 aliphatic heterocycles. The number of carbonyl (C=O) groups excluding carboxylic acids is 1. The van der Waals surface area contributed by atoms with Crippen molar-refractivity contribution in [2.45, 2.75) is 19.9 Å². The molecular formula is C14H16N2O2S. The van der Waals surface area contributed by atoms with Gasteiger partial charge in [0.2, 0.25) is 0 Å².